The van der Waals surface area contributed by atoms with Crippen LogP contribution < -0.4 is 11.1 Å². The number of hydrogen-bond acceptors (Lipinski definition) is 2. The van der Waals surface area contributed by atoms with Gasteiger partial charge in [-0.15, -0.1) is 0 Å². The summed E-state index contributed by atoms with van der Waals surface area (Å²) in [5, 5.41) is 3.11. The van der Waals surface area contributed by atoms with Gasteiger partial charge in [0.05, 0.1) is 6.10 Å². The first-order chi connectivity index (χ1) is 8.00. The highest BCUT2D eigenvalue weighted by Gasteiger charge is 2.28. The largest absolute Gasteiger partial charge is 0.378 e. The van der Waals surface area contributed by atoms with Gasteiger partial charge in [0.25, 0.3) is 0 Å². The number of guanidine groups is 1. The quantitative estimate of drug-likeness (QED) is 0.582. The molecule has 3 N–H and O–H groups in total. The van der Waals surface area contributed by atoms with E-state index in [0.29, 0.717) is 29.9 Å². The summed E-state index contributed by atoms with van der Waals surface area (Å²) in [4.78, 5) is 4.42. The molecule has 4 nitrogen and oxygen atoms in total. The Kier molecular flexibility index (Phi) is 5.75. The fourth-order valence-electron chi connectivity index (χ4n) is 2.35. The second kappa shape index (κ2) is 6.84. The van der Waals surface area contributed by atoms with Crippen LogP contribution in [-0.4, -0.2) is 31.3 Å². The standard InChI is InChI=1S/C13H27N3O/c1-9(2)12-11(6-5-7-17-12)8-15-13(14)16-10(3)4/h9-12H,5-8H2,1-4H3,(H3,14,15,16). The highest BCUT2D eigenvalue weighted by Crippen LogP contribution is 2.26. The van der Waals surface area contributed by atoms with Crippen molar-refractivity contribution in [2.75, 3.05) is 13.2 Å². The van der Waals surface area contributed by atoms with E-state index in [-0.39, 0.29) is 0 Å². The molecule has 1 fully saturated rings. The summed E-state index contributed by atoms with van der Waals surface area (Å²) in [6, 6.07) is 0.335. The third-order valence-electron chi connectivity index (χ3n) is 3.08. The van der Waals surface area contributed by atoms with Gasteiger partial charge in [-0.05, 0) is 32.6 Å². The van der Waals surface area contributed by atoms with E-state index in [2.05, 4.69) is 38.0 Å². The lowest BCUT2D eigenvalue weighted by Crippen LogP contribution is -2.39. The maximum absolute atomic E-state index is 5.83. The first kappa shape index (κ1) is 14.3. The Balaban J connectivity index is 2.47. The van der Waals surface area contributed by atoms with Gasteiger partial charge in [-0.25, -0.2) is 0 Å². The van der Waals surface area contributed by atoms with Gasteiger partial charge in [-0.2, -0.15) is 0 Å². The highest BCUT2D eigenvalue weighted by atomic mass is 16.5. The van der Waals surface area contributed by atoms with Crippen LogP contribution in [0.3, 0.4) is 0 Å². The number of aliphatic imine (C=N–C) groups is 1. The highest BCUT2D eigenvalue weighted by molar-refractivity contribution is 5.78. The number of nitrogens with zero attached hydrogens (tertiary/aromatic N) is 1. The Morgan fingerprint density at radius 3 is 2.71 bits per heavy atom. The number of ether oxygens (including phenoxy) is 1. The molecule has 17 heavy (non-hydrogen) atoms. The molecule has 4 heteroatoms. The van der Waals surface area contributed by atoms with E-state index in [0.717, 1.165) is 19.6 Å². The maximum atomic E-state index is 5.83. The Morgan fingerprint density at radius 1 is 1.41 bits per heavy atom. The number of hydrogen-bond donors (Lipinski definition) is 2. The molecule has 1 aliphatic rings. The van der Waals surface area contributed by atoms with Crippen molar-refractivity contribution in [3.05, 3.63) is 0 Å². The molecule has 0 spiro atoms. The van der Waals surface area contributed by atoms with E-state index in [1.165, 1.54) is 6.42 Å². The van der Waals surface area contributed by atoms with Crippen LogP contribution in [0.4, 0.5) is 0 Å². The Morgan fingerprint density at radius 2 is 2.12 bits per heavy atom. The topological polar surface area (TPSA) is 59.6 Å². The summed E-state index contributed by atoms with van der Waals surface area (Å²) in [5.41, 5.74) is 5.81. The lowest BCUT2D eigenvalue weighted by atomic mass is 9.87. The molecular weight excluding hydrogens is 214 g/mol. The molecule has 0 amide bonds. The molecule has 2 atom stereocenters. The zero-order valence-electron chi connectivity index (χ0n) is 11.6. The minimum absolute atomic E-state index is 0.333. The number of nitrogens with two attached hydrogens (primary N) is 1. The van der Waals surface area contributed by atoms with Gasteiger partial charge in [-0.3, -0.25) is 4.99 Å². The third kappa shape index (κ3) is 4.94. The summed E-state index contributed by atoms with van der Waals surface area (Å²) in [5.74, 6) is 1.61. The van der Waals surface area contributed by atoms with E-state index < -0.39 is 0 Å². The van der Waals surface area contributed by atoms with Gasteiger partial charge >= 0.3 is 0 Å². The zero-order valence-corrected chi connectivity index (χ0v) is 11.6. The van der Waals surface area contributed by atoms with Gasteiger partial charge in [0, 0.05) is 25.1 Å². The minimum Gasteiger partial charge on any atom is -0.378 e. The molecule has 0 aromatic heterocycles. The van der Waals surface area contributed by atoms with Gasteiger partial charge in [0.2, 0.25) is 0 Å². The first-order valence-corrected chi connectivity index (χ1v) is 6.68. The molecule has 0 radical (unpaired) electrons. The van der Waals surface area contributed by atoms with E-state index in [1.54, 1.807) is 0 Å². The van der Waals surface area contributed by atoms with Gasteiger partial charge in [0.1, 0.15) is 0 Å². The van der Waals surface area contributed by atoms with Crippen LogP contribution in [0.25, 0.3) is 0 Å². The van der Waals surface area contributed by atoms with Crippen LogP contribution >= 0.6 is 0 Å². The molecule has 2 unspecified atom stereocenters. The third-order valence-corrected chi connectivity index (χ3v) is 3.08. The predicted octanol–water partition coefficient (Wildman–Crippen LogP) is 1.75. The summed E-state index contributed by atoms with van der Waals surface area (Å²) >= 11 is 0. The summed E-state index contributed by atoms with van der Waals surface area (Å²) in [6.07, 6.45) is 2.67. The molecule has 1 rings (SSSR count). The van der Waals surface area contributed by atoms with Gasteiger partial charge in [-0.1, -0.05) is 13.8 Å². The predicted molar refractivity (Wildman–Crippen MR) is 72.1 cm³/mol. The van der Waals surface area contributed by atoms with Gasteiger partial charge < -0.3 is 15.8 Å². The molecule has 0 aliphatic carbocycles. The molecule has 0 aromatic carbocycles. The Bertz CT molecular complexity index is 251. The first-order valence-electron chi connectivity index (χ1n) is 6.68. The zero-order chi connectivity index (χ0) is 12.8. The molecular formula is C13H27N3O. The Labute approximate surface area is 105 Å². The van der Waals surface area contributed by atoms with Crippen LogP contribution in [0.2, 0.25) is 0 Å². The molecule has 0 bridgehead atoms. The van der Waals surface area contributed by atoms with E-state index >= 15 is 0 Å². The summed E-state index contributed by atoms with van der Waals surface area (Å²) in [7, 11) is 0. The van der Waals surface area contributed by atoms with Crippen molar-refractivity contribution in [2.45, 2.75) is 52.7 Å². The molecule has 0 aromatic rings. The molecule has 1 aliphatic heterocycles. The van der Waals surface area contributed by atoms with Crippen LogP contribution in [-0.2, 0) is 4.74 Å². The average Bonchev–Trinajstić information content (AvgIpc) is 2.25. The van der Waals surface area contributed by atoms with Crippen LogP contribution in [0.5, 0.6) is 0 Å². The lowest BCUT2D eigenvalue weighted by Gasteiger charge is -2.33. The van der Waals surface area contributed by atoms with Crippen LogP contribution in [0.1, 0.15) is 40.5 Å². The fourth-order valence-corrected chi connectivity index (χ4v) is 2.35. The molecule has 1 heterocycles. The van der Waals surface area contributed by atoms with Crippen molar-refractivity contribution in [3.63, 3.8) is 0 Å². The normalized spacial score (nSPS) is 26.6. The average molecular weight is 241 g/mol. The number of nitrogens with one attached hydrogen (secondary N) is 1. The Hall–Kier alpha value is -0.770. The van der Waals surface area contributed by atoms with E-state index in [1.807, 2.05) is 0 Å². The maximum Gasteiger partial charge on any atom is 0.188 e. The van der Waals surface area contributed by atoms with Crippen molar-refractivity contribution in [1.82, 2.24) is 5.32 Å². The number of rotatable bonds is 4. The van der Waals surface area contributed by atoms with Crippen molar-refractivity contribution in [2.24, 2.45) is 22.6 Å². The van der Waals surface area contributed by atoms with Crippen molar-refractivity contribution >= 4 is 5.96 Å². The van der Waals surface area contributed by atoms with Crippen molar-refractivity contribution in [3.8, 4) is 0 Å². The van der Waals surface area contributed by atoms with Crippen LogP contribution in [0.15, 0.2) is 4.99 Å². The second-order valence-corrected chi connectivity index (χ2v) is 5.51. The van der Waals surface area contributed by atoms with Crippen molar-refractivity contribution in [1.29, 1.82) is 0 Å². The lowest BCUT2D eigenvalue weighted by molar-refractivity contribution is -0.0491. The fraction of sp³-hybridized carbons (Fsp3) is 0.923. The second-order valence-electron chi connectivity index (χ2n) is 5.51. The SMILES string of the molecule is CC(C)NC(N)=NCC1CCCOC1C(C)C. The molecule has 1 saturated heterocycles. The summed E-state index contributed by atoms with van der Waals surface area (Å²) in [6.45, 7) is 10.2. The summed E-state index contributed by atoms with van der Waals surface area (Å²) < 4.78 is 5.83. The van der Waals surface area contributed by atoms with E-state index in [4.69, 9.17) is 10.5 Å². The van der Waals surface area contributed by atoms with E-state index in [9.17, 15) is 0 Å². The van der Waals surface area contributed by atoms with Crippen LogP contribution in [0, 0.1) is 11.8 Å². The van der Waals surface area contributed by atoms with Gasteiger partial charge in [0.15, 0.2) is 5.96 Å². The smallest absolute Gasteiger partial charge is 0.188 e. The molecule has 0 saturated carbocycles. The molecule has 100 valence electrons. The monoisotopic (exact) mass is 241 g/mol. The minimum atomic E-state index is 0.333. The van der Waals surface area contributed by atoms with Crippen molar-refractivity contribution < 1.29 is 4.74 Å².